The Morgan fingerprint density at radius 2 is 1.76 bits per heavy atom. The predicted molar refractivity (Wildman–Crippen MR) is 109 cm³/mol. The highest BCUT2D eigenvalue weighted by Gasteiger charge is 2.25. The van der Waals surface area contributed by atoms with Gasteiger partial charge in [-0.15, -0.1) is 0 Å². The standard InChI is InChI=1S/C22H36N2O/c1-15(21(4,5)6)14-20(22(7,8)9)24-23-17(3)18-12-11-13-19(25-10)16(18)2/h11-14,20,23-24H,3H2,1-2,4-10H3/b15-14+. The van der Waals surface area contributed by atoms with Gasteiger partial charge in [-0.3, -0.25) is 0 Å². The summed E-state index contributed by atoms with van der Waals surface area (Å²) >= 11 is 0. The molecule has 0 radical (unpaired) electrons. The van der Waals surface area contributed by atoms with E-state index in [-0.39, 0.29) is 16.9 Å². The number of nitrogens with one attached hydrogen (secondary N) is 2. The Morgan fingerprint density at radius 1 is 1.16 bits per heavy atom. The Bertz CT molecular complexity index is 630. The van der Waals surface area contributed by atoms with E-state index in [1.54, 1.807) is 7.11 Å². The van der Waals surface area contributed by atoms with Crippen molar-refractivity contribution in [3.63, 3.8) is 0 Å². The minimum Gasteiger partial charge on any atom is -0.496 e. The van der Waals surface area contributed by atoms with Crippen LogP contribution in [0.2, 0.25) is 0 Å². The monoisotopic (exact) mass is 344 g/mol. The Kier molecular flexibility index (Phi) is 6.90. The fourth-order valence-electron chi connectivity index (χ4n) is 2.40. The van der Waals surface area contributed by atoms with Crippen molar-refractivity contribution in [2.75, 3.05) is 7.11 Å². The van der Waals surface area contributed by atoms with Gasteiger partial charge in [-0.05, 0) is 30.7 Å². The number of ether oxygens (including phenoxy) is 1. The average Bonchev–Trinajstić information content (AvgIpc) is 2.48. The Labute approximate surface area is 154 Å². The molecule has 0 bridgehead atoms. The van der Waals surface area contributed by atoms with Gasteiger partial charge in [0.1, 0.15) is 5.75 Å². The summed E-state index contributed by atoms with van der Waals surface area (Å²) in [6, 6.07) is 6.18. The van der Waals surface area contributed by atoms with Crippen LogP contribution in [-0.4, -0.2) is 13.2 Å². The van der Waals surface area contributed by atoms with Crippen LogP contribution in [0.15, 0.2) is 36.4 Å². The van der Waals surface area contributed by atoms with Gasteiger partial charge in [-0.1, -0.05) is 71.9 Å². The Morgan fingerprint density at radius 3 is 2.24 bits per heavy atom. The molecule has 0 aliphatic carbocycles. The highest BCUT2D eigenvalue weighted by atomic mass is 16.5. The number of benzene rings is 1. The Balaban J connectivity index is 2.96. The first-order valence-electron chi connectivity index (χ1n) is 8.91. The summed E-state index contributed by atoms with van der Waals surface area (Å²) < 4.78 is 5.41. The van der Waals surface area contributed by atoms with E-state index < -0.39 is 0 Å². The number of rotatable bonds is 6. The van der Waals surface area contributed by atoms with E-state index in [9.17, 15) is 0 Å². The molecular formula is C22H36N2O. The molecule has 2 N–H and O–H groups in total. The van der Waals surface area contributed by atoms with Crippen LogP contribution in [-0.2, 0) is 0 Å². The third-order valence-electron chi connectivity index (χ3n) is 4.74. The number of hydrogen-bond acceptors (Lipinski definition) is 3. The average molecular weight is 345 g/mol. The molecule has 140 valence electrons. The zero-order chi connectivity index (χ0) is 19.4. The molecule has 0 saturated carbocycles. The van der Waals surface area contributed by atoms with Crippen molar-refractivity contribution in [2.45, 2.75) is 61.4 Å². The maximum absolute atomic E-state index is 5.41. The van der Waals surface area contributed by atoms with Crippen molar-refractivity contribution in [3.05, 3.63) is 47.6 Å². The molecule has 1 rings (SSSR count). The fraction of sp³-hybridized carbons (Fsp3) is 0.545. The van der Waals surface area contributed by atoms with E-state index in [1.807, 2.05) is 19.1 Å². The van der Waals surface area contributed by atoms with E-state index in [2.05, 4.69) is 78.0 Å². The summed E-state index contributed by atoms with van der Waals surface area (Å²) in [5.41, 5.74) is 11.3. The summed E-state index contributed by atoms with van der Waals surface area (Å²) in [5, 5.41) is 0. The third kappa shape index (κ3) is 5.93. The van der Waals surface area contributed by atoms with Crippen LogP contribution in [0.25, 0.3) is 5.70 Å². The van der Waals surface area contributed by atoms with Crippen molar-refractivity contribution in [2.24, 2.45) is 10.8 Å². The molecule has 0 fully saturated rings. The van der Waals surface area contributed by atoms with Gasteiger partial charge >= 0.3 is 0 Å². The van der Waals surface area contributed by atoms with Gasteiger partial charge in [0.05, 0.1) is 7.11 Å². The van der Waals surface area contributed by atoms with Crippen molar-refractivity contribution >= 4 is 5.70 Å². The lowest BCUT2D eigenvalue weighted by Gasteiger charge is -2.32. The van der Waals surface area contributed by atoms with Crippen molar-refractivity contribution < 1.29 is 4.74 Å². The van der Waals surface area contributed by atoms with Crippen LogP contribution in [0.1, 0.15) is 59.6 Å². The summed E-state index contributed by atoms with van der Waals surface area (Å²) in [6.07, 6.45) is 2.32. The summed E-state index contributed by atoms with van der Waals surface area (Å²) in [7, 11) is 1.69. The first-order valence-corrected chi connectivity index (χ1v) is 8.91. The number of hydrogen-bond donors (Lipinski definition) is 2. The second-order valence-electron chi connectivity index (χ2n) is 8.82. The zero-order valence-corrected chi connectivity index (χ0v) is 17.5. The summed E-state index contributed by atoms with van der Waals surface area (Å²) in [4.78, 5) is 0. The van der Waals surface area contributed by atoms with E-state index in [4.69, 9.17) is 4.74 Å². The van der Waals surface area contributed by atoms with E-state index in [0.717, 1.165) is 22.6 Å². The van der Waals surface area contributed by atoms with Gasteiger partial charge in [0.15, 0.2) is 0 Å². The second-order valence-corrected chi connectivity index (χ2v) is 8.82. The van der Waals surface area contributed by atoms with Gasteiger partial charge in [0, 0.05) is 22.9 Å². The molecule has 1 aromatic rings. The van der Waals surface area contributed by atoms with Crippen molar-refractivity contribution in [1.82, 2.24) is 10.9 Å². The van der Waals surface area contributed by atoms with Gasteiger partial charge in [-0.2, -0.15) is 0 Å². The molecule has 1 atom stereocenters. The van der Waals surface area contributed by atoms with Crippen molar-refractivity contribution in [1.29, 1.82) is 0 Å². The highest BCUT2D eigenvalue weighted by Crippen LogP contribution is 2.29. The zero-order valence-electron chi connectivity index (χ0n) is 17.5. The molecule has 0 spiro atoms. The molecule has 0 amide bonds. The predicted octanol–water partition coefficient (Wildman–Crippen LogP) is 5.48. The number of allylic oxidation sites excluding steroid dienone is 1. The minimum absolute atomic E-state index is 0.0726. The van der Waals surface area contributed by atoms with E-state index in [1.165, 1.54) is 5.57 Å². The Hall–Kier alpha value is -1.74. The SMILES string of the molecule is C=C(NNC(/C=C(\C)C(C)(C)C)C(C)(C)C)c1cccc(OC)c1C. The maximum Gasteiger partial charge on any atom is 0.122 e. The van der Waals surface area contributed by atoms with Gasteiger partial charge in [-0.25, -0.2) is 5.43 Å². The minimum atomic E-state index is 0.0726. The lowest BCUT2D eigenvalue weighted by Crippen LogP contribution is -2.46. The number of methoxy groups -OCH3 is 1. The molecule has 3 heteroatoms. The van der Waals surface area contributed by atoms with Crippen LogP contribution in [0.4, 0.5) is 0 Å². The lowest BCUT2D eigenvalue weighted by molar-refractivity contribution is 0.297. The fourth-order valence-corrected chi connectivity index (χ4v) is 2.40. The molecular weight excluding hydrogens is 308 g/mol. The van der Waals surface area contributed by atoms with Crippen LogP contribution < -0.4 is 15.6 Å². The molecule has 25 heavy (non-hydrogen) atoms. The van der Waals surface area contributed by atoms with E-state index >= 15 is 0 Å². The van der Waals surface area contributed by atoms with Gasteiger partial charge in [0.2, 0.25) is 0 Å². The molecule has 3 nitrogen and oxygen atoms in total. The van der Waals surface area contributed by atoms with Crippen LogP contribution in [0.5, 0.6) is 5.75 Å². The first kappa shape index (κ1) is 21.3. The van der Waals surface area contributed by atoms with Crippen LogP contribution >= 0.6 is 0 Å². The molecule has 1 aromatic carbocycles. The number of hydrazine groups is 1. The van der Waals surface area contributed by atoms with Gasteiger partial charge in [0.25, 0.3) is 0 Å². The van der Waals surface area contributed by atoms with Gasteiger partial charge < -0.3 is 10.2 Å². The maximum atomic E-state index is 5.41. The first-order chi connectivity index (χ1) is 11.4. The lowest BCUT2D eigenvalue weighted by atomic mass is 9.81. The van der Waals surface area contributed by atoms with E-state index in [0.29, 0.717) is 0 Å². The summed E-state index contributed by atoms with van der Waals surface area (Å²) in [6.45, 7) is 21.9. The second kappa shape index (κ2) is 8.09. The largest absolute Gasteiger partial charge is 0.496 e. The molecule has 0 aliphatic rings. The molecule has 1 unspecified atom stereocenters. The molecule has 0 aliphatic heterocycles. The normalized spacial score (nSPS) is 14.2. The molecule has 0 aromatic heterocycles. The summed E-state index contributed by atoms with van der Waals surface area (Å²) in [5.74, 6) is 0.872. The molecule has 0 saturated heterocycles. The van der Waals surface area contributed by atoms with Crippen LogP contribution in [0.3, 0.4) is 0 Å². The smallest absolute Gasteiger partial charge is 0.122 e. The molecule has 0 heterocycles. The van der Waals surface area contributed by atoms with Crippen molar-refractivity contribution in [3.8, 4) is 5.75 Å². The third-order valence-corrected chi connectivity index (χ3v) is 4.74. The topological polar surface area (TPSA) is 33.3 Å². The highest BCUT2D eigenvalue weighted by molar-refractivity contribution is 5.66. The quantitative estimate of drug-likeness (QED) is 0.530. The van der Waals surface area contributed by atoms with Crippen LogP contribution in [0, 0.1) is 17.8 Å².